The fourth-order valence-corrected chi connectivity index (χ4v) is 5.39. The summed E-state index contributed by atoms with van der Waals surface area (Å²) in [5.74, 6) is -1.84. The molecule has 4 heterocycles. The van der Waals surface area contributed by atoms with Gasteiger partial charge < -0.3 is 5.32 Å². The van der Waals surface area contributed by atoms with E-state index in [1.807, 2.05) is 6.07 Å². The largest absolute Gasteiger partial charge is 0.312 e. The summed E-state index contributed by atoms with van der Waals surface area (Å²) in [5.41, 5.74) is 1.70. The molecule has 3 saturated heterocycles. The number of carbonyl (C=O) groups excluding carboxylic acids is 4. The minimum atomic E-state index is -0.922. The maximum Gasteiger partial charge on any atom is 0.262 e. The molecule has 4 amide bonds. The molecule has 3 atom stereocenters. The van der Waals surface area contributed by atoms with Crippen LogP contribution >= 0.6 is 0 Å². The summed E-state index contributed by atoms with van der Waals surface area (Å²) in [7, 11) is 0. The van der Waals surface area contributed by atoms with Gasteiger partial charge >= 0.3 is 0 Å². The number of benzene rings is 1. The second-order valence-electron chi connectivity index (χ2n) is 8.71. The van der Waals surface area contributed by atoms with Crippen molar-refractivity contribution in [2.24, 2.45) is 0 Å². The smallest absolute Gasteiger partial charge is 0.262 e. The average Bonchev–Trinajstić information content (AvgIpc) is 2.99. The SMILES string of the molecule is O=C1CCC(N2C(=O)c3ccc(CN4CCCC5NCCCC54)cc3C2=O)C(=O)N1. The highest BCUT2D eigenvalue weighted by Gasteiger charge is 2.44. The van der Waals surface area contributed by atoms with Crippen LogP contribution in [-0.4, -0.2) is 64.6 Å². The maximum atomic E-state index is 13.0. The Morgan fingerprint density at radius 3 is 2.63 bits per heavy atom. The van der Waals surface area contributed by atoms with Crippen molar-refractivity contribution in [3.05, 3.63) is 34.9 Å². The summed E-state index contributed by atoms with van der Waals surface area (Å²) in [6.07, 6.45) is 5.02. The molecule has 8 nitrogen and oxygen atoms in total. The molecule has 4 aliphatic heterocycles. The standard InChI is InChI=1S/C22H26N4O4/c27-19-8-7-18(20(28)24-19)26-21(29)14-6-5-13(11-15(14)22(26)30)12-25-10-2-3-16-17(25)4-1-9-23-16/h5-6,11,16-18,23H,1-4,7-10,12H2,(H,24,27,28). The Bertz CT molecular complexity index is 928. The van der Waals surface area contributed by atoms with Crippen molar-refractivity contribution >= 4 is 23.6 Å². The van der Waals surface area contributed by atoms with Crippen molar-refractivity contribution in [3.8, 4) is 0 Å². The minimum absolute atomic E-state index is 0.126. The van der Waals surface area contributed by atoms with E-state index in [1.54, 1.807) is 12.1 Å². The van der Waals surface area contributed by atoms with Crippen molar-refractivity contribution in [2.75, 3.05) is 13.1 Å². The summed E-state index contributed by atoms with van der Waals surface area (Å²) < 4.78 is 0. The second-order valence-corrected chi connectivity index (χ2v) is 8.71. The van der Waals surface area contributed by atoms with E-state index in [2.05, 4.69) is 15.5 Å². The van der Waals surface area contributed by atoms with Gasteiger partial charge in [-0.3, -0.25) is 34.3 Å². The molecule has 30 heavy (non-hydrogen) atoms. The van der Waals surface area contributed by atoms with Crippen LogP contribution < -0.4 is 10.6 Å². The van der Waals surface area contributed by atoms with Crippen LogP contribution in [0.5, 0.6) is 0 Å². The molecule has 0 spiro atoms. The van der Waals surface area contributed by atoms with E-state index < -0.39 is 23.8 Å². The first-order valence-corrected chi connectivity index (χ1v) is 10.8. The summed E-state index contributed by atoms with van der Waals surface area (Å²) in [6, 6.07) is 5.55. The lowest BCUT2D eigenvalue weighted by Gasteiger charge is -2.44. The van der Waals surface area contributed by atoms with Crippen LogP contribution in [-0.2, 0) is 16.1 Å². The van der Waals surface area contributed by atoms with Crippen molar-refractivity contribution in [3.63, 3.8) is 0 Å². The van der Waals surface area contributed by atoms with Crippen LogP contribution in [0.15, 0.2) is 18.2 Å². The van der Waals surface area contributed by atoms with Gasteiger partial charge in [0.2, 0.25) is 11.8 Å². The van der Waals surface area contributed by atoms with Gasteiger partial charge in [-0.05, 0) is 62.9 Å². The molecule has 0 radical (unpaired) electrons. The van der Waals surface area contributed by atoms with Gasteiger partial charge in [0, 0.05) is 25.0 Å². The molecule has 3 fully saturated rings. The van der Waals surface area contributed by atoms with Crippen LogP contribution in [0.1, 0.15) is 64.8 Å². The molecule has 5 rings (SSSR count). The molecule has 2 N–H and O–H groups in total. The van der Waals surface area contributed by atoms with E-state index in [4.69, 9.17) is 0 Å². The van der Waals surface area contributed by atoms with Crippen LogP contribution in [0.3, 0.4) is 0 Å². The van der Waals surface area contributed by atoms with Gasteiger partial charge in [-0.2, -0.15) is 0 Å². The summed E-state index contributed by atoms with van der Waals surface area (Å²) in [4.78, 5) is 53.0. The Kier molecular flexibility index (Phi) is 4.91. The fraction of sp³-hybridized carbons (Fsp3) is 0.545. The van der Waals surface area contributed by atoms with Gasteiger partial charge in [-0.1, -0.05) is 6.07 Å². The molecule has 3 unspecified atom stereocenters. The lowest BCUT2D eigenvalue weighted by Crippen LogP contribution is -2.56. The van der Waals surface area contributed by atoms with Crippen molar-refractivity contribution < 1.29 is 19.2 Å². The number of amides is 4. The Labute approximate surface area is 175 Å². The normalized spacial score (nSPS) is 29.6. The van der Waals surface area contributed by atoms with Gasteiger partial charge in [0.1, 0.15) is 6.04 Å². The Balaban J connectivity index is 1.36. The zero-order valence-corrected chi connectivity index (χ0v) is 16.9. The lowest BCUT2D eigenvalue weighted by atomic mass is 9.89. The monoisotopic (exact) mass is 410 g/mol. The zero-order valence-electron chi connectivity index (χ0n) is 16.9. The molecular weight excluding hydrogens is 384 g/mol. The topological polar surface area (TPSA) is 98.8 Å². The molecule has 8 heteroatoms. The number of nitrogens with zero attached hydrogens (tertiary/aromatic N) is 2. The Morgan fingerprint density at radius 2 is 1.80 bits per heavy atom. The molecule has 0 aromatic heterocycles. The van der Waals surface area contributed by atoms with Crippen LogP contribution in [0.25, 0.3) is 0 Å². The third-order valence-electron chi connectivity index (χ3n) is 6.87. The van der Waals surface area contributed by atoms with E-state index in [-0.39, 0.29) is 18.7 Å². The third-order valence-corrected chi connectivity index (χ3v) is 6.87. The first-order valence-electron chi connectivity index (χ1n) is 10.8. The molecular formula is C22H26N4O4. The highest BCUT2D eigenvalue weighted by molar-refractivity contribution is 6.23. The quantitative estimate of drug-likeness (QED) is 0.716. The van der Waals surface area contributed by atoms with Crippen molar-refractivity contribution in [1.29, 1.82) is 0 Å². The minimum Gasteiger partial charge on any atom is -0.312 e. The predicted molar refractivity (Wildman–Crippen MR) is 108 cm³/mol. The lowest BCUT2D eigenvalue weighted by molar-refractivity contribution is -0.136. The number of rotatable bonds is 3. The molecule has 1 aromatic rings. The number of hydrogen-bond donors (Lipinski definition) is 2. The van der Waals surface area contributed by atoms with Gasteiger partial charge in [-0.25, -0.2) is 0 Å². The maximum absolute atomic E-state index is 13.0. The first kappa shape index (κ1) is 19.4. The molecule has 0 aliphatic carbocycles. The fourth-order valence-electron chi connectivity index (χ4n) is 5.39. The van der Waals surface area contributed by atoms with Crippen LogP contribution in [0, 0.1) is 0 Å². The summed E-state index contributed by atoms with van der Waals surface area (Å²) in [5, 5.41) is 5.86. The summed E-state index contributed by atoms with van der Waals surface area (Å²) >= 11 is 0. The van der Waals surface area contributed by atoms with E-state index >= 15 is 0 Å². The highest BCUT2D eigenvalue weighted by Crippen LogP contribution is 2.30. The second kappa shape index (κ2) is 7.59. The average molecular weight is 410 g/mol. The van der Waals surface area contributed by atoms with Gasteiger partial charge in [0.15, 0.2) is 0 Å². The molecule has 4 aliphatic rings. The molecule has 0 bridgehead atoms. The van der Waals surface area contributed by atoms with Gasteiger partial charge in [0.05, 0.1) is 11.1 Å². The van der Waals surface area contributed by atoms with E-state index in [9.17, 15) is 19.2 Å². The Hall–Kier alpha value is -2.58. The van der Waals surface area contributed by atoms with Gasteiger partial charge in [0.25, 0.3) is 11.8 Å². The number of carbonyl (C=O) groups is 4. The molecule has 1 aromatic carbocycles. The van der Waals surface area contributed by atoms with Gasteiger partial charge in [-0.15, -0.1) is 0 Å². The third kappa shape index (κ3) is 3.24. The van der Waals surface area contributed by atoms with Crippen LogP contribution in [0.2, 0.25) is 0 Å². The molecule has 0 saturated carbocycles. The van der Waals surface area contributed by atoms with E-state index in [0.717, 1.165) is 36.5 Å². The number of hydrogen-bond acceptors (Lipinski definition) is 6. The number of piperidine rings is 3. The van der Waals surface area contributed by atoms with Crippen molar-refractivity contribution in [1.82, 2.24) is 20.4 Å². The predicted octanol–water partition coefficient (Wildman–Crippen LogP) is 0.804. The zero-order chi connectivity index (χ0) is 20.8. The number of likely N-dealkylation sites (tertiary alicyclic amines) is 1. The van der Waals surface area contributed by atoms with E-state index in [0.29, 0.717) is 23.2 Å². The Morgan fingerprint density at radius 1 is 0.967 bits per heavy atom. The number of nitrogens with one attached hydrogen (secondary N) is 2. The number of imide groups is 2. The highest BCUT2D eigenvalue weighted by atomic mass is 16.2. The summed E-state index contributed by atoms with van der Waals surface area (Å²) in [6.45, 7) is 2.87. The number of fused-ring (bicyclic) bond motifs is 2. The van der Waals surface area contributed by atoms with Crippen molar-refractivity contribution in [2.45, 2.75) is 63.2 Å². The van der Waals surface area contributed by atoms with E-state index in [1.165, 1.54) is 19.3 Å². The molecule has 158 valence electrons. The van der Waals surface area contributed by atoms with Crippen LogP contribution in [0.4, 0.5) is 0 Å². The first-order chi connectivity index (χ1) is 14.5.